The van der Waals surface area contributed by atoms with Crippen LogP contribution in [0.25, 0.3) is 77.5 Å². The fraction of sp³-hybridized carbons (Fsp3) is 0. The molecular formula is C34H21N3O. The smallest absolute Gasteiger partial charge is 0.144 e. The number of fused-ring (bicyclic) bond motifs is 6. The molecule has 8 rings (SSSR count). The highest BCUT2D eigenvalue weighted by molar-refractivity contribution is 6.15. The summed E-state index contributed by atoms with van der Waals surface area (Å²) in [5.41, 5.74) is 9.77. The summed E-state index contributed by atoms with van der Waals surface area (Å²) in [5, 5.41) is 4.56. The van der Waals surface area contributed by atoms with Crippen LogP contribution < -0.4 is 0 Å². The first-order chi connectivity index (χ1) is 18.8. The molecule has 0 saturated heterocycles. The average molecular weight is 488 g/mol. The highest BCUT2D eigenvalue weighted by Crippen LogP contribution is 2.38. The van der Waals surface area contributed by atoms with Crippen molar-refractivity contribution >= 4 is 43.7 Å². The van der Waals surface area contributed by atoms with Gasteiger partial charge in [0.15, 0.2) is 0 Å². The standard InChI is InChI=1S/C34H21N3O/c1-2-19-31-21(9-1)24-12-7-15-27(34(24)38-31)30-18-8-17-29(36-30)26-14-6-11-23-22-10-5-13-25(32(22)37-33(23)26)28-16-3-4-20-35-28/h1-20,37H. The summed E-state index contributed by atoms with van der Waals surface area (Å²) < 4.78 is 6.30. The van der Waals surface area contributed by atoms with E-state index in [0.717, 1.165) is 66.7 Å². The van der Waals surface area contributed by atoms with Crippen molar-refractivity contribution in [3.05, 3.63) is 121 Å². The van der Waals surface area contributed by atoms with Crippen LogP contribution in [0, 0.1) is 0 Å². The molecule has 0 saturated carbocycles. The minimum Gasteiger partial charge on any atom is -0.455 e. The average Bonchev–Trinajstić information content (AvgIpc) is 3.56. The number of para-hydroxylation sites is 4. The molecule has 1 N–H and O–H groups in total. The van der Waals surface area contributed by atoms with Crippen LogP contribution in [-0.2, 0) is 0 Å². The molecule has 0 aliphatic carbocycles. The molecule has 0 spiro atoms. The fourth-order valence-corrected chi connectivity index (χ4v) is 5.58. The molecule has 0 bridgehead atoms. The molecule has 0 atom stereocenters. The van der Waals surface area contributed by atoms with Crippen molar-refractivity contribution in [1.29, 1.82) is 0 Å². The first-order valence-corrected chi connectivity index (χ1v) is 12.7. The molecule has 4 nitrogen and oxygen atoms in total. The second-order valence-corrected chi connectivity index (χ2v) is 9.48. The minimum atomic E-state index is 0.863. The summed E-state index contributed by atoms with van der Waals surface area (Å²) in [4.78, 5) is 13.5. The maximum absolute atomic E-state index is 6.30. The predicted octanol–water partition coefficient (Wildman–Crippen LogP) is 9.01. The van der Waals surface area contributed by atoms with Gasteiger partial charge in [0, 0.05) is 44.4 Å². The Hall–Kier alpha value is -5.22. The van der Waals surface area contributed by atoms with Crippen molar-refractivity contribution in [2.45, 2.75) is 0 Å². The Morgan fingerprint density at radius 3 is 1.82 bits per heavy atom. The molecular weight excluding hydrogens is 466 g/mol. The van der Waals surface area contributed by atoms with Crippen molar-refractivity contribution < 1.29 is 4.42 Å². The monoisotopic (exact) mass is 487 g/mol. The van der Waals surface area contributed by atoms with E-state index in [-0.39, 0.29) is 0 Å². The molecule has 8 aromatic rings. The van der Waals surface area contributed by atoms with Crippen LogP contribution in [0.5, 0.6) is 0 Å². The Kier molecular flexibility index (Phi) is 4.49. The number of rotatable bonds is 3. The quantitative estimate of drug-likeness (QED) is 0.270. The van der Waals surface area contributed by atoms with Crippen molar-refractivity contribution in [2.75, 3.05) is 0 Å². The van der Waals surface area contributed by atoms with E-state index in [4.69, 9.17) is 9.40 Å². The third-order valence-electron chi connectivity index (χ3n) is 7.32. The molecule has 0 fully saturated rings. The lowest BCUT2D eigenvalue weighted by Gasteiger charge is -2.07. The third kappa shape index (κ3) is 3.10. The van der Waals surface area contributed by atoms with E-state index in [9.17, 15) is 0 Å². The first-order valence-electron chi connectivity index (χ1n) is 12.7. The summed E-state index contributed by atoms with van der Waals surface area (Å²) in [7, 11) is 0. The van der Waals surface area contributed by atoms with E-state index in [2.05, 4.69) is 88.8 Å². The Bertz CT molecular complexity index is 2140. The number of H-pyrrole nitrogens is 1. The van der Waals surface area contributed by atoms with Crippen LogP contribution in [0.4, 0.5) is 0 Å². The van der Waals surface area contributed by atoms with Gasteiger partial charge in [-0.3, -0.25) is 4.98 Å². The van der Waals surface area contributed by atoms with Gasteiger partial charge in [-0.05, 0) is 36.4 Å². The molecule has 4 aromatic heterocycles. The van der Waals surface area contributed by atoms with Gasteiger partial charge in [-0.15, -0.1) is 0 Å². The van der Waals surface area contributed by atoms with Crippen LogP contribution in [0.3, 0.4) is 0 Å². The summed E-state index contributed by atoms with van der Waals surface area (Å²) >= 11 is 0. The van der Waals surface area contributed by atoms with E-state index < -0.39 is 0 Å². The maximum atomic E-state index is 6.30. The number of hydrogen-bond donors (Lipinski definition) is 1. The van der Waals surface area contributed by atoms with Gasteiger partial charge in [-0.25, -0.2) is 4.98 Å². The summed E-state index contributed by atoms with van der Waals surface area (Å²) in [5.74, 6) is 0. The number of pyridine rings is 2. The van der Waals surface area contributed by atoms with E-state index in [1.54, 1.807) is 0 Å². The second kappa shape index (κ2) is 8.15. The molecule has 0 unspecified atom stereocenters. The zero-order valence-corrected chi connectivity index (χ0v) is 20.3. The van der Waals surface area contributed by atoms with Crippen molar-refractivity contribution in [3.63, 3.8) is 0 Å². The molecule has 4 heterocycles. The van der Waals surface area contributed by atoms with Gasteiger partial charge in [0.25, 0.3) is 0 Å². The molecule has 0 radical (unpaired) electrons. The van der Waals surface area contributed by atoms with Crippen molar-refractivity contribution in [1.82, 2.24) is 15.0 Å². The van der Waals surface area contributed by atoms with Gasteiger partial charge in [-0.2, -0.15) is 0 Å². The lowest BCUT2D eigenvalue weighted by molar-refractivity contribution is 0.670. The normalized spacial score (nSPS) is 11.7. The van der Waals surface area contributed by atoms with Gasteiger partial charge >= 0.3 is 0 Å². The Morgan fingerprint density at radius 1 is 0.474 bits per heavy atom. The molecule has 0 aliphatic rings. The lowest BCUT2D eigenvalue weighted by atomic mass is 10.0. The van der Waals surface area contributed by atoms with Gasteiger partial charge < -0.3 is 9.40 Å². The van der Waals surface area contributed by atoms with Crippen LogP contribution in [0.2, 0.25) is 0 Å². The van der Waals surface area contributed by atoms with Crippen LogP contribution in [0.1, 0.15) is 0 Å². The molecule has 38 heavy (non-hydrogen) atoms. The number of aromatic nitrogens is 3. The number of aromatic amines is 1. The van der Waals surface area contributed by atoms with Gasteiger partial charge in [-0.1, -0.05) is 78.9 Å². The topological polar surface area (TPSA) is 54.7 Å². The summed E-state index contributed by atoms with van der Waals surface area (Å²) in [6.07, 6.45) is 1.83. The highest BCUT2D eigenvalue weighted by atomic mass is 16.3. The van der Waals surface area contributed by atoms with Gasteiger partial charge in [0.1, 0.15) is 11.2 Å². The maximum Gasteiger partial charge on any atom is 0.144 e. The summed E-state index contributed by atoms with van der Waals surface area (Å²) in [6.45, 7) is 0. The molecule has 178 valence electrons. The Balaban J connectivity index is 1.33. The van der Waals surface area contributed by atoms with Gasteiger partial charge in [0.2, 0.25) is 0 Å². The van der Waals surface area contributed by atoms with Crippen molar-refractivity contribution in [2.24, 2.45) is 0 Å². The fourth-order valence-electron chi connectivity index (χ4n) is 5.58. The van der Waals surface area contributed by atoms with Crippen LogP contribution in [-0.4, -0.2) is 15.0 Å². The minimum absolute atomic E-state index is 0.863. The lowest BCUT2D eigenvalue weighted by Crippen LogP contribution is -1.89. The first kappa shape index (κ1) is 20.9. The third-order valence-corrected chi connectivity index (χ3v) is 7.32. The second-order valence-electron chi connectivity index (χ2n) is 9.48. The van der Waals surface area contributed by atoms with Crippen molar-refractivity contribution in [3.8, 4) is 33.8 Å². The number of benzene rings is 4. The molecule has 4 heteroatoms. The molecule has 4 aromatic carbocycles. The zero-order chi connectivity index (χ0) is 25.1. The Labute approximate surface area is 218 Å². The number of furan rings is 1. The van der Waals surface area contributed by atoms with E-state index in [1.165, 1.54) is 10.8 Å². The molecule has 0 amide bonds. The van der Waals surface area contributed by atoms with Gasteiger partial charge in [0.05, 0.1) is 28.1 Å². The number of nitrogens with zero attached hydrogens (tertiary/aromatic N) is 2. The summed E-state index contributed by atoms with van der Waals surface area (Å²) in [6, 6.07) is 39.4. The van der Waals surface area contributed by atoms with Crippen LogP contribution in [0.15, 0.2) is 126 Å². The number of nitrogens with one attached hydrogen (secondary N) is 1. The zero-order valence-electron chi connectivity index (χ0n) is 20.3. The van der Waals surface area contributed by atoms with E-state index in [0.29, 0.717) is 0 Å². The SMILES string of the molecule is c1ccc(-c2cccc3c2[nH]c2c(-c4cccc(-c5cccc6c5oc5ccccc56)n4)cccc23)nc1. The molecule has 0 aliphatic heterocycles. The Morgan fingerprint density at radius 2 is 1.05 bits per heavy atom. The number of hydrogen-bond acceptors (Lipinski definition) is 3. The van der Waals surface area contributed by atoms with E-state index >= 15 is 0 Å². The highest BCUT2D eigenvalue weighted by Gasteiger charge is 2.16. The largest absolute Gasteiger partial charge is 0.455 e. The van der Waals surface area contributed by atoms with Crippen LogP contribution >= 0.6 is 0 Å². The van der Waals surface area contributed by atoms with E-state index in [1.807, 2.05) is 42.6 Å². The predicted molar refractivity (Wildman–Crippen MR) is 155 cm³/mol.